The number of cyclic esters (lactones) is 1. The monoisotopic (exact) mass is 142 g/mol. The van der Waals surface area contributed by atoms with E-state index in [1.54, 1.807) is 0 Å². The van der Waals surface area contributed by atoms with Crippen LogP contribution in [0.2, 0.25) is 0 Å². The van der Waals surface area contributed by atoms with E-state index in [-0.39, 0.29) is 11.9 Å². The van der Waals surface area contributed by atoms with Crippen LogP contribution in [0.15, 0.2) is 0 Å². The van der Waals surface area contributed by atoms with Crippen molar-refractivity contribution in [3.63, 3.8) is 0 Å². The van der Waals surface area contributed by atoms with Crippen molar-refractivity contribution in [3.8, 4) is 0 Å². The van der Waals surface area contributed by atoms with Gasteiger partial charge >= 0.3 is 5.97 Å². The Bertz CT molecular complexity index is 118. The van der Waals surface area contributed by atoms with Crippen molar-refractivity contribution >= 4 is 5.97 Å². The molecule has 1 fully saturated rings. The molecule has 0 aromatic heterocycles. The average molecular weight is 142 g/mol. The molecule has 0 aromatic carbocycles. The van der Waals surface area contributed by atoms with Crippen LogP contribution in [0.25, 0.3) is 0 Å². The van der Waals surface area contributed by atoms with E-state index in [2.05, 4.69) is 6.92 Å². The fraction of sp³-hybridized carbons (Fsp3) is 0.875. The highest BCUT2D eigenvalue weighted by atomic mass is 16.5. The molecule has 2 heteroatoms. The molecule has 1 atom stereocenters. The van der Waals surface area contributed by atoms with Gasteiger partial charge in [0.1, 0.15) is 0 Å². The average Bonchev–Trinajstić information content (AvgIpc) is 1.94. The summed E-state index contributed by atoms with van der Waals surface area (Å²) < 4.78 is 4.90. The van der Waals surface area contributed by atoms with Gasteiger partial charge in [0.25, 0.3) is 0 Å². The number of carbonyl (C=O) groups excluding carboxylic acids is 1. The zero-order valence-corrected chi connectivity index (χ0v) is 6.43. The summed E-state index contributed by atoms with van der Waals surface area (Å²) in [5.41, 5.74) is 0. The molecule has 1 heterocycles. The summed E-state index contributed by atoms with van der Waals surface area (Å²) in [6.45, 7) is 2.74. The van der Waals surface area contributed by atoms with Crippen LogP contribution < -0.4 is 0 Å². The third-order valence-corrected chi connectivity index (χ3v) is 1.91. The van der Waals surface area contributed by atoms with Gasteiger partial charge < -0.3 is 4.74 Å². The van der Waals surface area contributed by atoms with Crippen LogP contribution in [0.1, 0.15) is 32.6 Å². The molecule has 0 radical (unpaired) electrons. The first-order chi connectivity index (χ1) is 4.84. The molecule has 0 saturated carbocycles. The molecule has 0 bridgehead atoms. The molecule has 0 N–H and O–H groups in total. The van der Waals surface area contributed by atoms with Crippen LogP contribution in [0, 0.1) is 5.92 Å². The molecule has 0 aromatic rings. The number of hydrogen-bond acceptors (Lipinski definition) is 2. The van der Waals surface area contributed by atoms with Crippen molar-refractivity contribution < 1.29 is 9.53 Å². The van der Waals surface area contributed by atoms with Crippen LogP contribution in [0.5, 0.6) is 0 Å². The summed E-state index contributed by atoms with van der Waals surface area (Å²) in [6, 6.07) is 0. The maximum atomic E-state index is 11.0. The van der Waals surface area contributed by atoms with Crippen molar-refractivity contribution in [2.75, 3.05) is 6.61 Å². The van der Waals surface area contributed by atoms with E-state index < -0.39 is 0 Å². The molecular formula is C8H14O2. The van der Waals surface area contributed by atoms with Crippen molar-refractivity contribution in [1.82, 2.24) is 0 Å². The zero-order chi connectivity index (χ0) is 7.40. The molecule has 0 amide bonds. The second kappa shape index (κ2) is 3.59. The maximum Gasteiger partial charge on any atom is 0.308 e. The second-order valence-electron chi connectivity index (χ2n) is 2.80. The summed E-state index contributed by atoms with van der Waals surface area (Å²) >= 11 is 0. The molecule has 1 rings (SSSR count). The van der Waals surface area contributed by atoms with E-state index >= 15 is 0 Å². The first-order valence-electron chi connectivity index (χ1n) is 4.01. The summed E-state index contributed by atoms with van der Waals surface area (Å²) in [5, 5.41) is 0. The minimum absolute atomic E-state index is 0.0214. The number of esters is 1. The van der Waals surface area contributed by atoms with E-state index in [4.69, 9.17) is 4.74 Å². The van der Waals surface area contributed by atoms with Crippen molar-refractivity contribution in [2.24, 2.45) is 5.92 Å². The van der Waals surface area contributed by atoms with Gasteiger partial charge in [-0.2, -0.15) is 0 Å². The molecule has 1 saturated heterocycles. The third kappa shape index (κ3) is 1.72. The first kappa shape index (κ1) is 7.58. The van der Waals surface area contributed by atoms with Crippen LogP contribution in [-0.4, -0.2) is 12.6 Å². The van der Waals surface area contributed by atoms with Gasteiger partial charge in [0.15, 0.2) is 0 Å². The summed E-state index contributed by atoms with van der Waals surface area (Å²) in [4.78, 5) is 11.0. The highest BCUT2D eigenvalue weighted by Gasteiger charge is 2.22. The number of rotatable bonds is 2. The largest absolute Gasteiger partial charge is 0.465 e. The summed E-state index contributed by atoms with van der Waals surface area (Å²) in [7, 11) is 0. The normalized spacial score (nSPS) is 26.1. The van der Waals surface area contributed by atoms with Crippen molar-refractivity contribution in [1.29, 1.82) is 0 Å². The highest BCUT2D eigenvalue weighted by Crippen LogP contribution is 2.19. The number of carbonyl (C=O) groups is 1. The van der Waals surface area contributed by atoms with Gasteiger partial charge in [-0.05, 0) is 19.3 Å². The summed E-state index contributed by atoms with van der Waals surface area (Å²) in [5.74, 6) is 0.229. The van der Waals surface area contributed by atoms with Gasteiger partial charge in [0.2, 0.25) is 0 Å². The lowest BCUT2D eigenvalue weighted by Crippen LogP contribution is -2.23. The SMILES string of the molecule is CCC[C@@H]1CCCOC1=O. The topological polar surface area (TPSA) is 26.3 Å². The Hall–Kier alpha value is -0.530. The predicted octanol–water partition coefficient (Wildman–Crippen LogP) is 1.74. The van der Waals surface area contributed by atoms with Gasteiger partial charge in [-0.25, -0.2) is 0 Å². The van der Waals surface area contributed by atoms with E-state index in [9.17, 15) is 4.79 Å². The van der Waals surface area contributed by atoms with Gasteiger partial charge in [0.05, 0.1) is 12.5 Å². The predicted molar refractivity (Wildman–Crippen MR) is 38.6 cm³/mol. The second-order valence-corrected chi connectivity index (χ2v) is 2.80. The molecule has 58 valence electrons. The molecule has 0 unspecified atom stereocenters. The lowest BCUT2D eigenvalue weighted by Gasteiger charge is -2.19. The summed E-state index contributed by atoms with van der Waals surface area (Å²) in [6.07, 6.45) is 4.17. The van der Waals surface area contributed by atoms with Crippen LogP contribution >= 0.6 is 0 Å². The lowest BCUT2D eigenvalue weighted by atomic mass is 9.97. The van der Waals surface area contributed by atoms with Crippen LogP contribution in [-0.2, 0) is 9.53 Å². The first-order valence-corrected chi connectivity index (χ1v) is 4.01. The minimum Gasteiger partial charge on any atom is -0.465 e. The maximum absolute atomic E-state index is 11.0. The molecule has 2 nitrogen and oxygen atoms in total. The number of hydrogen-bond donors (Lipinski definition) is 0. The fourth-order valence-corrected chi connectivity index (χ4v) is 1.35. The number of ether oxygens (including phenoxy) is 1. The van der Waals surface area contributed by atoms with Gasteiger partial charge in [-0.15, -0.1) is 0 Å². The standard InChI is InChI=1S/C8H14O2/c1-2-4-7-5-3-6-10-8(7)9/h7H,2-6H2,1H3/t7-/m1/s1. The van der Waals surface area contributed by atoms with E-state index in [1.165, 1.54) is 0 Å². The smallest absolute Gasteiger partial charge is 0.308 e. The third-order valence-electron chi connectivity index (χ3n) is 1.91. The molecule has 10 heavy (non-hydrogen) atoms. The molecule has 0 aliphatic carbocycles. The van der Waals surface area contributed by atoms with Gasteiger partial charge in [-0.1, -0.05) is 13.3 Å². The van der Waals surface area contributed by atoms with Crippen molar-refractivity contribution in [2.45, 2.75) is 32.6 Å². The Morgan fingerprint density at radius 3 is 3.10 bits per heavy atom. The Morgan fingerprint density at radius 1 is 1.70 bits per heavy atom. The van der Waals surface area contributed by atoms with Gasteiger partial charge in [0, 0.05) is 0 Å². The van der Waals surface area contributed by atoms with E-state index in [1.807, 2.05) is 0 Å². The highest BCUT2D eigenvalue weighted by molar-refractivity contribution is 5.72. The van der Waals surface area contributed by atoms with Crippen LogP contribution in [0.4, 0.5) is 0 Å². The Morgan fingerprint density at radius 2 is 2.50 bits per heavy atom. The quantitative estimate of drug-likeness (QED) is 0.549. The Kier molecular flexibility index (Phi) is 2.72. The molecule has 1 aliphatic heterocycles. The fourth-order valence-electron chi connectivity index (χ4n) is 1.35. The van der Waals surface area contributed by atoms with E-state index in [0.29, 0.717) is 6.61 Å². The van der Waals surface area contributed by atoms with Crippen molar-refractivity contribution in [3.05, 3.63) is 0 Å². The molecule has 1 aliphatic rings. The lowest BCUT2D eigenvalue weighted by molar-refractivity contribution is -0.153. The molecule has 0 spiro atoms. The minimum atomic E-state index is 0.0214. The van der Waals surface area contributed by atoms with E-state index in [0.717, 1.165) is 25.7 Å². The van der Waals surface area contributed by atoms with Gasteiger partial charge in [-0.3, -0.25) is 4.79 Å². The molecular weight excluding hydrogens is 128 g/mol. The zero-order valence-electron chi connectivity index (χ0n) is 6.43. The Balaban J connectivity index is 2.32. The Labute approximate surface area is 61.6 Å². The van der Waals surface area contributed by atoms with Crippen LogP contribution in [0.3, 0.4) is 0 Å².